The number of carbonyl (C=O) groups excluding carboxylic acids is 1. The fourth-order valence-electron chi connectivity index (χ4n) is 3.50. The predicted molar refractivity (Wildman–Crippen MR) is 113 cm³/mol. The highest BCUT2D eigenvalue weighted by atomic mass is 35.5. The molecule has 5 nitrogen and oxygen atoms in total. The monoisotopic (exact) mass is 414 g/mol. The molecule has 0 bridgehead atoms. The van der Waals surface area contributed by atoms with Crippen LogP contribution in [0, 0.1) is 6.92 Å². The minimum atomic E-state index is -0.0801. The second-order valence-corrected chi connectivity index (χ2v) is 7.49. The van der Waals surface area contributed by atoms with Gasteiger partial charge in [0.05, 0.1) is 27.7 Å². The minimum Gasteiger partial charge on any atom is -0.367 e. The molecule has 0 aliphatic carbocycles. The van der Waals surface area contributed by atoms with Crippen molar-refractivity contribution in [3.8, 4) is 5.69 Å². The van der Waals surface area contributed by atoms with Crippen LogP contribution < -0.4 is 4.90 Å². The molecule has 1 fully saturated rings. The molecule has 0 spiro atoms. The second kappa shape index (κ2) is 7.86. The molecule has 4 rings (SSSR count). The largest absolute Gasteiger partial charge is 0.367 e. The molecule has 1 aliphatic heterocycles. The van der Waals surface area contributed by atoms with Gasteiger partial charge in [-0.15, -0.1) is 0 Å². The van der Waals surface area contributed by atoms with Crippen LogP contribution in [0.4, 0.5) is 5.69 Å². The summed E-state index contributed by atoms with van der Waals surface area (Å²) in [7, 11) is 0. The third-order valence-corrected chi connectivity index (χ3v) is 5.65. The SMILES string of the molecule is Cc1nn(-c2ccccc2)c(Cl)c1C(=O)N1CCN(c2ccccc2Cl)CC1. The van der Waals surface area contributed by atoms with Gasteiger partial charge in [-0.25, -0.2) is 4.68 Å². The van der Waals surface area contributed by atoms with E-state index in [1.54, 1.807) is 4.68 Å². The molecule has 1 saturated heterocycles. The summed E-state index contributed by atoms with van der Waals surface area (Å²) in [5.74, 6) is -0.0801. The Bertz CT molecular complexity index is 995. The number of amides is 1. The molecular formula is C21H20Cl2N4O. The van der Waals surface area contributed by atoms with Gasteiger partial charge >= 0.3 is 0 Å². The Morgan fingerprint density at radius 1 is 0.929 bits per heavy atom. The van der Waals surface area contributed by atoms with E-state index >= 15 is 0 Å². The van der Waals surface area contributed by atoms with E-state index in [1.165, 1.54) is 0 Å². The van der Waals surface area contributed by atoms with Crippen molar-refractivity contribution in [1.82, 2.24) is 14.7 Å². The molecule has 2 heterocycles. The molecule has 1 aromatic heterocycles. The molecule has 0 unspecified atom stereocenters. The van der Waals surface area contributed by atoms with E-state index < -0.39 is 0 Å². The van der Waals surface area contributed by atoms with Crippen LogP contribution >= 0.6 is 23.2 Å². The number of piperazine rings is 1. The summed E-state index contributed by atoms with van der Waals surface area (Å²) in [6.07, 6.45) is 0. The Hall–Kier alpha value is -2.50. The van der Waals surface area contributed by atoms with E-state index in [2.05, 4.69) is 10.00 Å². The molecule has 3 aromatic rings. The zero-order valence-corrected chi connectivity index (χ0v) is 17.0. The van der Waals surface area contributed by atoms with Crippen LogP contribution in [0.15, 0.2) is 54.6 Å². The Labute approximate surface area is 174 Å². The Morgan fingerprint density at radius 3 is 2.25 bits per heavy atom. The van der Waals surface area contributed by atoms with E-state index in [-0.39, 0.29) is 5.91 Å². The van der Waals surface area contributed by atoms with Gasteiger partial charge in [0.1, 0.15) is 5.15 Å². The number of para-hydroxylation sites is 2. The number of aryl methyl sites for hydroxylation is 1. The molecule has 2 aromatic carbocycles. The number of benzene rings is 2. The van der Waals surface area contributed by atoms with Crippen molar-refractivity contribution in [2.45, 2.75) is 6.92 Å². The van der Waals surface area contributed by atoms with Crippen molar-refractivity contribution in [2.75, 3.05) is 31.1 Å². The van der Waals surface area contributed by atoms with Crippen molar-refractivity contribution in [2.24, 2.45) is 0 Å². The van der Waals surface area contributed by atoms with Gasteiger partial charge in [0.15, 0.2) is 0 Å². The average molecular weight is 415 g/mol. The summed E-state index contributed by atoms with van der Waals surface area (Å²) >= 11 is 12.9. The first-order chi connectivity index (χ1) is 13.6. The highest BCUT2D eigenvalue weighted by Gasteiger charge is 2.28. The lowest BCUT2D eigenvalue weighted by atomic mass is 10.2. The Kier molecular flexibility index (Phi) is 5.29. The topological polar surface area (TPSA) is 41.4 Å². The molecule has 7 heteroatoms. The number of carbonyl (C=O) groups is 1. The van der Waals surface area contributed by atoms with Gasteiger partial charge in [0.25, 0.3) is 5.91 Å². The van der Waals surface area contributed by atoms with Gasteiger partial charge < -0.3 is 9.80 Å². The molecule has 0 N–H and O–H groups in total. The van der Waals surface area contributed by atoms with Gasteiger partial charge in [0.2, 0.25) is 0 Å². The first-order valence-corrected chi connectivity index (χ1v) is 9.91. The summed E-state index contributed by atoms with van der Waals surface area (Å²) in [4.78, 5) is 17.2. The molecule has 0 saturated carbocycles. The number of hydrogen-bond acceptors (Lipinski definition) is 3. The first-order valence-electron chi connectivity index (χ1n) is 9.15. The molecule has 1 amide bonds. The molecule has 144 valence electrons. The van der Waals surface area contributed by atoms with Gasteiger partial charge in [-0.2, -0.15) is 5.10 Å². The van der Waals surface area contributed by atoms with Crippen molar-refractivity contribution in [3.63, 3.8) is 0 Å². The summed E-state index contributed by atoms with van der Waals surface area (Å²) < 4.78 is 1.62. The molecule has 1 aliphatic rings. The zero-order chi connectivity index (χ0) is 19.7. The lowest BCUT2D eigenvalue weighted by Gasteiger charge is -2.36. The molecule has 0 atom stereocenters. The van der Waals surface area contributed by atoms with Crippen molar-refractivity contribution in [1.29, 1.82) is 0 Å². The highest BCUT2D eigenvalue weighted by molar-refractivity contribution is 6.33. The number of nitrogens with zero attached hydrogens (tertiary/aromatic N) is 4. The zero-order valence-electron chi connectivity index (χ0n) is 15.5. The number of halogens is 2. The smallest absolute Gasteiger partial charge is 0.259 e. The van der Waals surface area contributed by atoms with Gasteiger partial charge in [0, 0.05) is 26.2 Å². The predicted octanol–water partition coefficient (Wildman–Crippen LogP) is 4.45. The van der Waals surface area contributed by atoms with Crippen LogP contribution in [-0.2, 0) is 0 Å². The number of hydrogen-bond donors (Lipinski definition) is 0. The van der Waals surface area contributed by atoms with E-state index in [1.807, 2.05) is 66.4 Å². The van der Waals surface area contributed by atoms with Crippen molar-refractivity contribution < 1.29 is 4.79 Å². The summed E-state index contributed by atoms with van der Waals surface area (Å²) in [6.45, 7) is 4.48. The van der Waals surface area contributed by atoms with E-state index in [9.17, 15) is 4.79 Å². The van der Waals surface area contributed by atoms with E-state index in [0.717, 1.165) is 29.5 Å². The van der Waals surface area contributed by atoms with Gasteiger partial charge in [-0.05, 0) is 31.2 Å². The van der Waals surface area contributed by atoms with Crippen LogP contribution in [0.2, 0.25) is 10.2 Å². The fraction of sp³-hybridized carbons (Fsp3) is 0.238. The quantitative estimate of drug-likeness (QED) is 0.635. The number of rotatable bonds is 3. The molecule has 0 radical (unpaired) electrons. The Balaban J connectivity index is 1.52. The third kappa shape index (κ3) is 3.48. The first kappa shape index (κ1) is 18.8. The lowest BCUT2D eigenvalue weighted by molar-refractivity contribution is 0.0746. The van der Waals surface area contributed by atoms with Crippen LogP contribution in [0.3, 0.4) is 0 Å². The van der Waals surface area contributed by atoms with Crippen LogP contribution in [0.1, 0.15) is 16.1 Å². The van der Waals surface area contributed by atoms with Crippen molar-refractivity contribution in [3.05, 3.63) is 76.0 Å². The highest BCUT2D eigenvalue weighted by Crippen LogP contribution is 2.28. The summed E-state index contributed by atoms with van der Waals surface area (Å²) in [6, 6.07) is 17.4. The third-order valence-electron chi connectivity index (χ3n) is 4.98. The van der Waals surface area contributed by atoms with E-state index in [0.29, 0.717) is 29.5 Å². The maximum Gasteiger partial charge on any atom is 0.259 e. The van der Waals surface area contributed by atoms with Crippen LogP contribution in [-0.4, -0.2) is 46.8 Å². The Morgan fingerprint density at radius 2 is 1.57 bits per heavy atom. The maximum absolute atomic E-state index is 13.1. The average Bonchev–Trinajstić information content (AvgIpc) is 3.03. The normalized spacial score (nSPS) is 14.4. The van der Waals surface area contributed by atoms with Crippen molar-refractivity contribution >= 4 is 34.8 Å². The number of aromatic nitrogens is 2. The maximum atomic E-state index is 13.1. The van der Waals surface area contributed by atoms with Crippen LogP contribution in [0.25, 0.3) is 5.69 Å². The summed E-state index contributed by atoms with van der Waals surface area (Å²) in [5, 5.41) is 5.56. The van der Waals surface area contributed by atoms with E-state index in [4.69, 9.17) is 23.2 Å². The fourth-order valence-corrected chi connectivity index (χ4v) is 4.11. The van der Waals surface area contributed by atoms with Crippen LogP contribution in [0.5, 0.6) is 0 Å². The number of anilines is 1. The van der Waals surface area contributed by atoms with Gasteiger partial charge in [-0.1, -0.05) is 53.5 Å². The van der Waals surface area contributed by atoms with Gasteiger partial charge in [-0.3, -0.25) is 4.79 Å². The molecular weight excluding hydrogens is 395 g/mol. The molecule has 28 heavy (non-hydrogen) atoms. The minimum absolute atomic E-state index is 0.0801. The lowest BCUT2D eigenvalue weighted by Crippen LogP contribution is -2.49. The standard InChI is InChI=1S/C21H20Cl2N4O/c1-15-19(20(23)27(24-15)16-7-3-2-4-8-16)21(28)26-13-11-25(12-14-26)18-10-6-5-9-17(18)22/h2-10H,11-14H2,1H3. The second-order valence-electron chi connectivity index (χ2n) is 6.73. The summed E-state index contributed by atoms with van der Waals surface area (Å²) in [5.41, 5.74) is 2.93.